The molecule has 0 heterocycles. The average molecular weight is 239 g/mol. The van der Waals surface area contributed by atoms with E-state index in [0.717, 1.165) is 0 Å². The van der Waals surface area contributed by atoms with Gasteiger partial charge in [-0.05, 0) is 31.2 Å². The lowest BCUT2D eigenvalue weighted by Crippen LogP contribution is -2.38. The Morgan fingerprint density at radius 1 is 1.47 bits per heavy atom. The van der Waals surface area contributed by atoms with E-state index in [0.29, 0.717) is 5.69 Å². The van der Waals surface area contributed by atoms with Crippen molar-refractivity contribution >= 4 is 17.4 Å². The molecule has 5 nitrogen and oxygen atoms in total. The summed E-state index contributed by atoms with van der Waals surface area (Å²) in [5.41, 5.74) is 5.89. The van der Waals surface area contributed by atoms with Crippen molar-refractivity contribution in [2.24, 2.45) is 16.8 Å². The summed E-state index contributed by atoms with van der Waals surface area (Å²) in [5.74, 6) is -1.62. The molecule has 1 aromatic carbocycles. The van der Waals surface area contributed by atoms with Gasteiger partial charge in [-0.2, -0.15) is 0 Å². The summed E-state index contributed by atoms with van der Waals surface area (Å²) >= 11 is 0. The van der Waals surface area contributed by atoms with Crippen molar-refractivity contribution in [2.45, 2.75) is 6.92 Å². The Bertz CT molecular complexity index is 431. The van der Waals surface area contributed by atoms with Crippen molar-refractivity contribution in [3.63, 3.8) is 0 Å². The number of rotatable bonds is 3. The Balaban J connectivity index is 2.86. The molecule has 0 radical (unpaired) electrons. The van der Waals surface area contributed by atoms with Gasteiger partial charge in [0.25, 0.3) is 0 Å². The fraction of sp³-hybridized carbons (Fsp3) is 0.273. The standard InChI is InChI=1S/C11H14FN3O2/c1-7(10(13)14-17)11(16)15(2)9-5-3-8(12)4-6-9/h3-7,17H,1-2H3,(H2,13,14). The van der Waals surface area contributed by atoms with Crippen LogP contribution in [-0.4, -0.2) is 24.0 Å². The lowest BCUT2D eigenvalue weighted by molar-refractivity contribution is -0.119. The molecule has 0 spiro atoms. The number of carbonyl (C=O) groups excluding carboxylic acids is 1. The van der Waals surface area contributed by atoms with Gasteiger partial charge in [0.1, 0.15) is 5.82 Å². The minimum Gasteiger partial charge on any atom is -0.409 e. The minimum atomic E-state index is -0.741. The van der Waals surface area contributed by atoms with Crippen molar-refractivity contribution in [1.82, 2.24) is 0 Å². The van der Waals surface area contributed by atoms with Gasteiger partial charge in [-0.3, -0.25) is 4.79 Å². The number of nitrogens with zero attached hydrogens (tertiary/aromatic N) is 2. The fourth-order valence-corrected chi connectivity index (χ4v) is 1.30. The Morgan fingerprint density at radius 2 is 2.00 bits per heavy atom. The molecular formula is C11H14FN3O2. The summed E-state index contributed by atoms with van der Waals surface area (Å²) in [6.45, 7) is 1.53. The van der Waals surface area contributed by atoms with E-state index in [9.17, 15) is 9.18 Å². The summed E-state index contributed by atoms with van der Waals surface area (Å²) in [6.07, 6.45) is 0. The molecule has 0 aliphatic carbocycles. The van der Waals surface area contributed by atoms with Crippen LogP contribution < -0.4 is 10.6 Å². The van der Waals surface area contributed by atoms with Crippen LogP contribution >= 0.6 is 0 Å². The molecule has 0 fully saturated rings. The highest BCUT2D eigenvalue weighted by atomic mass is 19.1. The van der Waals surface area contributed by atoms with Gasteiger partial charge in [0, 0.05) is 12.7 Å². The van der Waals surface area contributed by atoms with Gasteiger partial charge in [0.2, 0.25) is 5.91 Å². The highest BCUT2D eigenvalue weighted by molar-refractivity contribution is 6.08. The zero-order valence-electron chi connectivity index (χ0n) is 9.59. The SMILES string of the molecule is CC(C(=O)N(C)c1ccc(F)cc1)C(N)=NO. The summed E-state index contributed by atoms with van der Waals surface area (Å²) in [5, 5.41) is 11.3. The quantitative estimate of drug-likeness (QED) is 0.359. The van der Waals surface area contributed by atoms with Crippen molar-refractivity contribution in [2.75, 3.05) is 11.9 Å². The summed E-state index contributed by atoms with van der Waals surface area (Å²) in [6, 6.07) is 5.47. The molecule has 0 bridgehead atoms. The topological polar surface area (TPSA) is 78.9 Å². The van der Waals surface area contributed by atoms with Gasteiger partial charge in [-0.25, -0.2) is 4.39 Å². The van der Waals surface area contributed by atoms with E-state index in [2.05, 4.69) is 5.16 Å². The number of halogens is 1. The molecule has 0 saturated heterocycles. The molecule has 1 amide bonds. The minimum absolute atomic E-state index is 0.163. The molecule has 6 heteroatoms. The summed E-state index contributed by atoms with van der Waals surface area (Å²) < 4.78 is 12.7. The van der Waals surface area contributed by atoms with E-state index in [4.69, 9.17) is 10.9 Å². The molecule has 0 saturated carbocycles. The Labute approximate surface area is 98.3 Å². The second kappa shape index (κ2) is 5.29. The maximum absolute atomic E-state index is 12.7. The maximum atomic E-state index is 12.7. The lowest BCUT2D eigenvalue weighted by atomic mass is 10.1. The summed E-state index contributed by atoms with van der Waals surface area (Å²) in [7, 11) is 1.54. The van der Waals surface area contributed by atoms with Gasteiger partial charge in [-0.1, -0.05) is 5.16 Å². The maximum Gasteiger partial charge on any atom is 0.237 e. The summed E-state index contributed by atoms with van der Waals surface area (Å²) in [4.78, 5) is 13.2. The third-order valence-electron chi connectivity index (χ3n) is 2.47. The smallest absolute Gasteiger partial charge is 0.237 e. The molecule has 1 unspecified atom stereocenters. The van der Waals surface area contributed by atoms with Crippen molar-refractivity contribution in [3.05, 3.63) is 30.1 Å². The predicted octanol–water partition coefficient (Wildman–Crippen LogP) is 1.17. The molecule has 0 aromatic heterocycles. The Kier molecular flexibility index (Phi) is 4.03. The molecule has 92 valence electrons. The molecule has 17 heavy (non-hydrogen) atoms. The normalized spacial score (nSPS) is 13.2. The predicted molar refractivity (Wildman–Crippen MR) is 62.4 cm³/mol. The van der Waals surface area contributed by atoms with Gasteiger partial charge < -0.3 is 15.8 Å². The average Bonchev–Trinajstić information content (AvgIpc) is 2.36. The van der Waals surface area contributed by atoms with Crippen LogP contribution in [0.1, 0.15) is 6.92 Å². The molecule has 1 aromatic rings. The van der Waals surface area contributed by atoms with E-state index in [1.54, 1.807) is 0 Å². The van der Waals surface area contributed by atoms with Gasteiger partial charge in [-0.15, -0.1) is 0 Å². The van der Waals surface area contributed by atoms with Crippen LogP contribution in [0.5, 0.6) is 0 Å². The molecular weight excluding hydrogens is 225 g/mol. The second-order valence-corrected chi connectivity index (χ2v) is 3.62. The fourth-order valence-electron chi connectivity index (χ4n) is 1.30. The zero-order valence-corrected chi connectivity index (χ0v) is 9.59. The molecule has 3 N–H and O–H groups in total. The Hall–Kier alpha value is -2.11. The molecule has 0 aliphatic rings. The monoisotopic (exact) mass is 239 g/mol. The number of amidine groups is 1. The van der Waals surface area contributed by atoms with Crippen molar-refractivity contribution < 1.29 is 14.4 Å². The first-order chi connectivity index (χ1) is 7.97. The van der Waals surface area contributed by atoms with Crippen LogP contribution in [0.3, 0.4) is 0 Å². The first-order valence-corrected chi connectivity index (χ1v) is 4.98. The van der Waals surface area contributed by atoms with Crippen molar-refractivity contribution in [1.29, 1.82) is 0 Å². The van der Waals surface area contributed by atoms with Crippen LogP contribution in [0.2, 0.25) is 0 Å². The molecule has 1 atom stereocenters. The van der Waals surface area contributed by atoms with Crippen LogP contribution in [0.15, 0.2) is 29.4 Å². The van der Waals surface area contributed by atoms with Crippen LogP contribution in [0.4, 0.5) is 10.1 Å². The van der Waals surface area contributed by atoms with Gasteiger partial charge >= 0.3 is 0 Å². The third kappa shape index (κ3) is 2.93. The number of anilines is 1. The highest BCUT2D eigenvalue weighted by Gasteiger charge is 2.22. The number of oxime groups is 1. The first kappa shape index (κ1) is 13.0. The number of benzene rings is 1. The number of hydrogen-bond acceptors (Lipinski definition) is 3. The van der Waals surface area contributed by atoms with E-state index in [-0.39, 0.29) is 17.6 Å². The number of amides is 1. The van der Waals surface area contributed by atoms with Crippen molar-refractivity contribution in [3.8, 4) is 0 Å². The number of hydrogen-bond donors (Lipinski definition) is 2. The largest absolute Gasteiger partial charge is 0.409 e. The van der Waals surface area contributed by atoms with E-state index in [1.165, 1.54) is 43.1 Å². The second-order valence-electron chi connectivity index (χ2n) is 3.62. The lowest BCUT2D eigenvalue weighted by Gasteiger charge is -2.20. The Morgan fingerprint density at radius 3 is 2.47 bits per heavy atom. The van der Waals surface area contributed by atoms with Gasteiger partial charge in [0.15, 0.2) is 5.84 Å². The van der Waals surface area contributed by atoms with Crippen LogP contribution in [0, 0.1) is 11.7 Å². The number of nitrogens with two attached hydrogens (primary N) is 1. The van der Waals surface area contributed by atoms with Gasteiger partial charge in [0.05, 0.1) is 5.92 Å². The molecule has 1 rings (SSSR count). The first-order valence-electron chi connectivity index (χ1n) is 4.98. The highest BCUT2D eigenvalue weighted by Crippen LogP contribution is 2.15. The van der Waals surface area contributed by atoms with E-state index in [1.807, 2.05) is 0 Å². The third-order valence-corrected chi connectivity index (χ3v) is 2.47. The van der Waals surface area contributed by atoms with E-state index >= 15 is 0 Å². The zero-order chi connectivity index (χ0) is 13.0. The van der Waals surface area contributed by atoms with E-state index < -0.39 is 5.92 Å². The molecule has 0 aliphatic heterocycles. The number of carbonyl (C=O) groups is 1. The van der Waals surface area contributed by atoms with Crippen LogP contribution in [-0.2, 0) is 4.79 Å². The van der Waals surface area contributed by atoms with Crippen LogP contribution in [0.25, 0.3) is 0 Å².